The first kappa shape index (κ1) is 19.0. The number of fused-ring (bicyclic) bond motifs is 1. The normalized spacial score (nSPS) is 19.2. The number of piperidine rings is 1. The first-order valence-corrected chi connectivity index (χ1v) is 10.8. The Morgan fingerprint density at radius 2 is 1.77 bits per heavy atom. The quantitative estimate of drug-likeness (QED) is 0.659. The van der Waals surface area contributed by atoms with Gasteiger partial charge in [-0.25, -0.2) is 15.0 Å². The zero-order chi connectivity index (χ0) is 20.7. The van der Waals surface area contributed by atoms with E-state index in [0.717, 1.165) is 42.2 Å². The molecule has 4 heterocycles. The maximum atomic E-state index is 5.81. The van der Waals surface area contributed by atoms with Crippen molar-refractivity contribution in [1.29, 1.82) is 0 Å². The fourth-order valence-corrected chi connectivity index (χ4v) is 4.87. The van der Waals surface area contributed by atoms with Crippen LogP contribution >= 0.6 is 0 Å². The van der Waals surface area contributed by atoms with E-state index in [1.165, 1.54) is 41.5 Å². The van der Waals surface area contributed by atoms with Crippen LogP contribution in [0.3, 0.4) is 0 Å². The van der Waals surface area contributed by atoms with Crippen molar-refractivity contribution in [3.63, 3.8) is 0 Å². The van der Waals surface area contributed by atoms with Crippen LogP contribution in [-0.2, 0) is 11.4 Å². The molecule has 0 N–H and O–H groups in total. The third-order valence-electron chi connectivity index (χ3n) is 6.14. The van der Waals surface area contributed by atoms with Crippen molar-refractivity contribution in [2.24, 2.45) is 5.16 Å². The summed E-state index contributed by atoms with van der Waals surface area (Å²) < 4.78 is 2.07. The van der Waals surface area contributed by atoms with Gasteiger partial charge in [-0.1, -0.05) is 22.9 Å². The molecule has 1 saturated heterocycles. The standard InChI is InChI=1S/C23H28N6O/c1-15-9-16(2)20(17(3)10-15)19-11-18(30-27-19)12-29-14-26-21-22(24-13-25-23(21)29)28-7-5-4-6-8-28/h9-10,13-14,18H,4-8,11-12H2,1-3H3. The summed E-state index contributed by atoms with van der Waals surface area (Å²) >= 11 is 0. The lowest BCUT2D eigenvalue weighted by Crippen LogP contribution is -2.30. The molecule has 0 aliphatic carbocycles. The molecule has 0 radical (unpaired) electrons. The number of nitrogens with zero attached hydrogens (tertiary/aromatic N) is 6. The molecule has 7 nitrogen and oxygen atoms in total. The predicted molar refractivity (Wildman–Crippen MR) is 118 cm³/mol. The van der Waals surface area contributed by atoms with Crippen molar-refractivity contribution in [1.82, 2.24) is 19.5 Å². The van der Waals surface area contributed by atoms with E-state index in [-0.39, 0.29) is 6.10 Å². The fourth-order valence-electron chi connectivity index (χ4n) is 4.87. The molecule has 0 bridgehead atoms. The number of benzene rings is 1. The van der Waals surface area contributed by atoms with Crippen LogP contribution in [0.15, 0.2) is 29.9 Å². The molecule has 0 saturated carbocycles. The third kappa shape index (κ3) is 3.42. The minimum Gasteiger partial charge on any atom is -0.390 e. The minimum atomic E-state index is -0.0223. The van der Waals surface area contributed by atoms with Gasteiger partial charge in [0.1, 0.15) is 6.33 Å². The van der Waals surface area contributed by atoms with E-state index in [9.17, 15) is 0 Å². The summed E-state index contributed by atoms with van der Waals surface area (Å²) in [5.74, 6) is 0.952. The van der Waals surface area contributed by atoms with Crippen molar-refractivity contribution in [2.45, 2.75) is 59.1 Å². The second kappa shape index (κ2) is 7.70. The highest BCUT2D eigenvalue weighted by Gasteiger charge is 2.26. The van der Waals surface area contributed by atoms with E-state index in [1.807, 2.05) is 6.33 Å². The summed E-state index contributed by atoms with van der Waals surface area (Å²) in [6.07, 6.45) is 7.98. The highest BCUT2D eigenvalue weighted by Crippen LogP contribution is 2.27. The molecule has 156 valence electrons. The molecule has 3 aromatic rings. The fraction of sp³-hybridized carbons (Fsp3) is 0.478. The smallest absolute Gasteiger partial charge is 0.165 e. The van der Waals surface area contributed by atoms with Gasteiger partial charge in [0.15, 0.2) is 23.1 Å². The zero-order valence-corrected chi connectivity index (χ0v) is 17.9. The van der Waals surface area contributed by atoms with Crippen LogP contribution in [0.5, 0.6) is 0 Å². The summed E-state index contributed by atoms with van der Waals surface area (Å²) in [6.45, 7) is 9.17. The average Bonchev–Trinajstić information content (AvgIpc) is 3.36. The average molecular weight is 405 g/mol. The Morgan fingerprint density at radius 3 is 2.53 bits per heavy atom. The van der Waals surface area contributed by atoms with Gasteiger partial charge in [-0.3, -0.25) is 0 Å². The Labute approximate surface area is 176 Å². The van der Waals surface area contributed by atoms with Gasteiger partial charge in [0.05, 0.1) is 18.6 Å². The highest BCUT2D eigenvalue weighted by molar-refractivity contribution is 6.03. The van der Waals surface area contributed by atoms with Crippen LogP contribution in [0.1, 0.15) is 47.9 Å². The Kier molecular flexibility index (Phi) is 4.89. The number of hydrogen-bond acceptors (Lipinski definition) is 6. The molecule has 0 spiro atoms. The molecule has 1 fully saturated rings. The topological polar surface area (TPSA) is 68.4 Å². The Morgan fingerprint density at radius 1 is 1.00 bits per heavy atom. The molecule has 1 aromatic carbocycles. The number of anilines is 1. The van der Waals surface area contributed by atoms with Gasteiger partial charge in [-0.2, -0.15) is 0 Å². The summed E-state index contributed by atoms with van der Waals surface area (Å²) in [7, 11) is 0. The van der Waals surface area contributed by atoms with Crippen molar-refractivity contribution in [2.75, 3.05) is 18.0 Å². The Hall–Kier alpha value is -2.96. The minimum absolute atomic E-state index is 0.0223. The number of rotatable bonds is 4. The lowest BCUT2D eigenvalue weighted by molar-refractivity contribution is 0.0732. The van der Waals surface area contributed by atoms with Gasteiger partial charge in [-0.15, -0.1) is 0 Å². The van der Waals surface area contributed by atoms with Crippen molar-refractivity contribution < 1.29 is 4.84 Å². The van der Waals surface area contributed by atoms with E-state index in [0.29, 0.717) is 6.54 Å². The highest BCUT2D eigenvalue weighted by atomic mass is 16.6. The molecular formula is C23H28N6O. The van der Waals surface area contributed by atoms with Gasteiger partial charge in [0.2, 0.25) is 0 Å². The molecular weight excluding hydrogens is 376 g/mol. The summed E-state index contributed by atoms with van der Waals surface area (Å²) in [4.78, 5) is 21.9. The Balaban J connectivity index is 1.35. The van der Waals surface area contributed by atoms with Crippen LogP contribution in [0, 0.1) is 20.8 Å². The van der Waals surface area contributed by atoms with Gasteiger partial charge < -0.3 is 14.3 Å². The van der Waals surface area contributed by atoms with Gasteiger partial charge in [0.25, 0.3) is 0 Å². The molecule has 0 amide bonds. The largest absolute Gasteiger partial charge is 0.390 e. The maximum Gasteiger partial charge on any atom is 0.165 e. The van der Waals surface area contributed by atoms with Crippen LogP contribution in [0.4, 0.5) is 5.82 Å². The summed E-state index contributed by atoms with van der Waals surface area (Å²) in [5, 5.41) is 4.43. The van der Waals surface area contributed by atoms with Crippen molar-refractivity contribution in [3.8, 4) is 0 Å². The molecule has 1 unspecified atom stereocenters. The van der Waals surface area contributed by atoms with Crippen LogP contribution in [-0.4, -0.2) is 44.4 Å². The first-order chi connectivity index (χ1) is 14.6. The lowest BCUT2D eigenvalue weighted by Gasteiger charge is -2.27. The van der Waals surface area contributed by atoms with Crippen LogP contribution in [0.2, 0.25) is 0 Å². The van der Waals surface area contributed by atoms with Crippen LogP contribution in [0.25, 0.3) is 11.2 Å². The summed E-state index contributed by atoms with van der Waals surface area (Å²) in [6, 6.07) is 4.42. The second-order valence-electron chi connectivity index (χ2n) is 8.56. The van der Waals surface area contributed by atoms with E-state index in [2.05, 4.69) is 62.5 Å². The molecule has 1 atom stereocenters. The van der Waals surface area contributed by atoms with E-state index in [4.69, 9.17) is 4.84 Å². The first-order valence-electron chi connectivity index (χ1n) is 10.8. The monoisotopic (exact) mass is 404 g/mol. The zero-order valence-electron chi connectivity index (χ0n) is 17.9. The van der Waals surface area contributed by atoms with Crippen molar-refractivity contribution in [3.05, 3.63) is 47.0 Å². The number of imidazole rings is 1. The second-order valence-corrected chi connectivity index (χ2v) is 8.56. The SMILES string of the molecule is Cc1cc(C)c(C2=NOC(Cn3cnc4c(N5CCCCC5)ncnc43)C2)c(C)c1. The number of oxime groups is 1. The third-order valence-corrected chi connectivity index (χ3v) is 6.14. The number of aryl methyl sites for hydroxylation is 3. The predicted octanol–water partition coefficient (Wildman–Crippen LogP) is 3.94. The number of hydrogen-bond donors (Lipinski definition) is 0. The lowest BCUT2D eigenvalue weighted by atomic mass is 9.94. The molecule has 2 aliphatic heterocycles. The van der Waals surface area contributed by atoms with Gasteiger partial charge in [0, 0.05) is 25.1 Å². The van der Waals surface area contributed by atoms with Gasteiger partial charge in [-0.05, 0) is 51.2 Å². The molecule has 2 aromatic heterocycles. The van der Waals surface area contributed by atoms with Crippen LogP contribution < -0.4 is 4.90 Å². The molecule has 7 heteroatoms. The Bertz CT molecular complexity index is 1090. The molecule has 2 aliphatic rings. The maximum absolute atomic E-state index is 5.81. The molecule has 5 rings (SSSR count). The van der Waals surface area contributed by atoms with Gasteiger partial charge >= 0.3 is 0 Å². The molecule has 30 heavy (non-hydrogen) atoms. The van der Waals surface area contributed by atoms with E-state index >= 15 is 0 Å². The van der Waals surface area contributed by atoms with E-state index < -0.39 is 0 Å². The summed E-state index contributed by atoms with van der Waals surface area (Å²) in [5.41, 5.74) is 7.77. The van der Waals surface area contributed by atoms with E-state index in [1.54, 1.807) is 6.33 Å². The van der Waals surface area contributed by atoms with Crippen molar-refractivity contribution >= 4 is 22.7 Å². The number of aromatic nitrogens is 4.